The van der Waals surface area contributed by atoms with Crippen LogP contribution in [0.15, 0.2) is 60.7 Å². The van der Waals surface area contributed by atoms with E-state index in [0.717, 1.165) is 36.2 Å². The van der Waals surface area contributed by atoms with Crippen molar-refractivity contribution in [3.05, 3.63) is 88.2 Å². The Morgan fingerprint density at radius 2 is 1.82 bits per heavy atom. The maximum absolute atomic E-state index is 13.3. The summed E-state index contributed by atoms with van der Waals surface area (Å²) in [6.07, 6.45) is 8.69. The zero-order valence-corrected chi connectivity index (χ0v) is 23.4. The molecule has 9 heteroatoms. The topological polar surface area (TPSA) is 85.7 Å². The van der Waals surface area contributed by atoms with Gasteiger partial charge in [-0.1, -0.05) is 23.8 Å². The molecule has 0 fully saturated rings. The molecule has 0 aliphatic carbocycles. The molecule has 0 spiro atoms. The summed E-state index contributed by atoms with van der Waals surface area (Å²) in [7, 11) is 3.19. The molecule has 3 aromatic rings. The minimum Gasteiger partial charge on any atom is -0.493 e. The molecule has 2 amide bonds. The van der Waals surface area contributed by atoms with Crippen LogP contribution in [0.1, 0.15) is 58.8 Å². The first-order valence-corrected chi connectivity index (χ1v) is 13.4. The van der Waals surface area contributed by atoms with E-state index in [1.54, 1.807) is 48.1 Å². The van der Waals surface area contributed by atoms with Crippen LogP contribution in [-0.2, 0) is 6.42 Å². The lowest BCUT2D eigenvalue weighted by atomic mass is 10.1. The number of hydrogen-bond acceptors (Lipinski definition) is 5. The number of hydrogen-bond donors (Lipinski definition) is 1. The van der Waals surface area contributed by atoms with Crippen LogP contribution >= 0.6 is 11.6 Å². The maximum atomic E-state index is 13.3. The van der Waals surface area contributed by atoms with Crippen molar-refractivity contribution >= 4 is 34.8 Å². The van der Waals surface area contributed by atoms with Crippen molar-refractivity contribution < 1.29 is 19.1 Å². The summed E-state index contributed by atoms with van der Waals surface area (Å²) in [6.45, 7) is 5.06. The molecule has 0 bridgehead atoms. The SMILES string of the molecule is CCN(CC)C(=O)c1ccc(NC(=O)c2cc3n(n2)/C(c2ccc(OC)c(OC)c2)=C\C=C/CCC3)c(Cl)c1. The Labute approximate surface area is 233 Å². The van der Waals surface area contributed by atoms with Gasteiger partial charge in [-0.2, -0.15) is 5.10 Å². The highest BCUT2D eigenvalue weighted by Gasteiger charge is 2.20. The molecule has 1 N–H and O–H groups in total. The van der Waals surface area contributed by atoms with Crippen molar-refractivity contribution in [1.29, 1.82) is 0 Å². The number of halogens is 1. The largest absolute Gasteiger partial charge is 0.493 e. The Bertz CT molecular complexity index is 1420. The van der Waals surface area contributed by atoms with E-state index < -0.39 is 0 Å². The van der Waals surface area contributed by atoms with Gasteiger partial charge in [-0.15, -0.1) is 0 Å². The van der Waals surface area contributed by atoms with Gasteiger partial charge in [0.15, 0.2) is 17.2 Å². The van der Waals surface area contributed by atoms with Gasteiger partial charge in [0.05, 0.1) is 30.6 Å². The van der Waals surface area contributed by atoms with Gasteiger partial charge in [-0.25, -0.2) is 4.68 Å². The number of fused-ring (bicyclic) bond motifs is 1. The molecule has 2 aromatic carbocycles. The molecule has 2 heterocycles. The van der Waals surface area contributed by atoms with Gasteiger partial charge in [0.25, 0.3) is 11.8 Å². The normalized spacial score (nSPS) is 15.1. The molecule has 0 saturated heterocycles. The monoisotopic (exact) mass is 548 g/mol. The van der Waals surface area contributed by atoms with E-state index in [2.05, 4.69) is 11.4 Å². The predicted octanol–water partition coefficient (Wildman–Crippen LogP) is 6.07. The van der Waals surface area contributed by atoms with E-state index >= 15 is 0 Å². The summed E-state index contributed by atoms with van der Waals surface area (Å²) in [4.78, 5) is 27.7. The second-order valence-corrected chi connectivity index (χ2v) is 9.41. The molecule has 8 nitrogen and oxygen atoms in total. The minimum absolute atomic E-state index is 0.104. The van der Waals surface area contributed by atoms with Crippen LogP contribution in [0.2, 0.25) is 5.02 Å². The third-order valence-electron chi connectivity index (χ3n) is 6.63. The third kappa shape index (κ3) is 6.17. The van der Waals surface area contributed by atoms with Crippen molar-refractivity contribution in [2.75, 3.05) is 32.6 Å². The fourth-order valence-electron chi connectivity index (χ4n) is 4.49. The number of allylic oxidation sites excluding steroid dienone is 3. The molecule has 0 radical (unpaired) electrons. The van der Waals surface area contributed by atoms with Crippen LogP contribution in [0.25, 0.3) is 5.70 Å². The number of aryl methyl sites for hydroxylation is 1. The Hall–Kier alpha value is -4.04. The molecule has 0 atom stereocenters. The molecule has 204 valence electrons. The Morgan fingerprint density at radius 1 is 1.05 bits per heavy atom. The Morgan fingerprint density at radius 3 is 2.51 bits per heavy atom. The van der Waals surface area contributed by atoms with Crippen LogP contribution in [0.4, 0.5) is 5.69 Å². The van der Waals surface area contributed by atoms with E-state index in [0.29, 0.717) is 35.8 Å². The van der Waals surface area contributed by atoms with Crippen molar-refractivity contribution in [3.63, 3.8) is 0 Å². The molecule has 0 saturated carbocycles. The quantitative estimate of drug-likeness (QED) is 0.369. The maximum Gasteiger partial charge on any atom is 0.276 e. The highest BCUT2D eigenvalue weighted by Crippen LogP contribution is 2.32. The standard InChI is InChI=1S/C30H33ClN4O4/c1-5-34(6-2)30(37)21-13-15-24(23(31)17-21)32-29(36)25-19-22-11-9-7-8-10-12-26(35(22)33-25)20-14-16-27(38-3)28(18-20)39-4/h8,10,12-19H,5-7,9,11H2,1-4H3,(H,32,36)/b10-8-,26-12-. The second-order valence-electron chi connectivity index (χ2n) is 9.00. The van der Waals surface area contributed by atoms with E-state index in [-0.39, 0.29) is 22.5 Å². The molecule has 39 heavy (non-hydrogen) atoms. The summed E-state index contributed by atoms with van der Waals surface area (Å²) in [6, 6.07) is 12.4. The van der Waals surface area contributed by atoms with Crippen molar-refractivity contribution in [2.45, 2.75) is 33.1 Å². The van der Waals surface area contributed by atoms with Crippen molar-refractivity contribution in [3.8, 4) is 11.5 Å². The first-order chi connectivity index (χ1) is 18.9. The lowest BCUT2D eigenvalue weighted by Crippen LogP contribution is -2.30. The van der Waals surface area contributed by atoms with E-state index in [1.807, 2.05) is 44.2 Å². The molecule has 1 aromatic heterocycles. The van der Waals surface area contributed by atoms with Gasteiger partial charge in [-0.3, -0.25) is 9.59 Å². The van der Waals surface area contributed by atoms with Gasteiger partial charge in [0.2, 0.25) is 0 Å². The van der Waals surface area contributed by atoms with Crippen LogP contribution in [-0.4, -0.2) is 53.8 Å². The number of aromatic nitrogens is 2. The summed E-state index contributed by atoms with van der Waals surface area (Å²) in [5, 5.41) is 7.83. The summed E-state index contributed by atoms with van der Waals surface area (Å²) in [5.74, 6) is 0.735. The first kappa shape index (κ1) is 28.0. The molecule has 1 aliphatic rings. The van der Waals surface area contributed by atoms with Crippen molar-refractivity contribution in [1.82, 2.24) is 14.7 Å². The Kier molecular flexibility index (Phi) is 9.09. The fourth-order valence-corrected chi connectivity index (χ4v) is 4.72. The minimum atomic E-state index is -0.390. The van der Waals surface area contributed by atoms with Crippen molar-refractivity contribution in [2.24, 2.45) is 0 Å². The number of carbonyl (C=O) groups is 2. The van der Waals surface area contributed by atoms with Gasteiger partial charge in [0.1, 0.15) is 0 Å². The number of rotatable bonds is 8. The number of nitrogens with zero attached hydrogens (tertiary/aromatic N) is 3. The number of ether oxygens (including phenoxy) is 2. The average molecular weight is 549 g/mol. The highest BCUT2D eigenvalue weighted by atomic mass is 35.5. The van der Waals surface area contributed by atoms with Gasteiger partial charge < -0.3 is 19.7 Å². The first-order valence-electron chi connectivity index (χ1n) is 13.0. The Balaban J connectivity index is 1.64. The zero-order chi connectivity index (χ0) is 27.9. The number of amides is 2. The van der Waals surface area contributed by atoms with E-state index in [1.165, 1.54) is 0 Å². The number of benzene rings is 2. The number of methoxy groups -OCH3 is 2. The number of nitrogens with one attached hydrogen (secondary N) is 1. The number of anilines is 1. The third-order valence-corrected chi connectivity index (χ3v) is 6.94. The lowest BCUT2D eigenvalue weighted by molar-refractivity contribution is 0.0773. The van der Waals surface area contributed by atoms with Crippen LogP contribution in [0.3, 0.4) is 0 Å². The van der Waals surface area contributed by atoms with Crippen LogP contribution in [0, 0.1) is 0 Å². The zero-order valence-electron chi connectivity index (χ0n) is 22.7. The molecular weight excluding hydrogens is 516 g/mol. The van der Waals surface area contributed by atoms with E-state index in [4.69, 9.17) is 26.2 Å². The summed E-state index contributed by atoms with van der Waals surface area (Å²) >= 11 is 6.46. The van der Waals surface area contributed by atoms with E-state index in [9.17, 15) is 9.59 Å². The second kappa shape index (κ2) is 12.7. The van der Waals surface area contributed by atoms with Gasteiger partial charge >= 0.3 is 0 Å². The smallest absolute Gasteiger partial charge is 0.276 e. The molecule has 4 rings (SSSR count). The van der Waals surface area contributed by atoms with Crippen LogP contribution < -0.4 is 14.8 Å². The average Bonchev–Trinajstić information content (AvgIpc) is 3.40. The number of carbonyl (C=O) groups excluding carboxylic acids is 2. The highest BCUT2D eigenvalue weighted by molar-refractivity contribution is 6.34. The predicted molar refractivity (Wildman–Crippen MR) is 154 cm³/mol. The van der Waals surface area contributed by atoms with Gasteiger partial charge in [-0.05, 0) is 81.7 Å². The summed E-state index contributed by atoms with van der Waals surface area (Å²) in [5.41, 5.74) is 3.73. The van der Waals surface area contributed by atoms with Crippen LogP contribution in [0.5, 0.6) is 11.5 Å². The fraction of sp³-hybridized carbons (Fsp3) is 0.300. The van der Waals surface area contributed by atoms with Gasteiger partial charge in [0, 0.05) is 29.9 Å². The molecule has 0 unspecified atom stereocenters. The summed E-state index contributed by atoms with van der Waals surface area (Å²) < 4.78 is 12.7. The lowest BCUT2D eigenvalue weighted by Gasteiger charge is -2.19. The molecule has 1 aliphatic heterocycles. The molecular formula is C30H33ClN4O4.